The fraction of sp³-hybridized carbons (Fsp3) is 0.900. The Balaban J connectivity index is 2.26. The zero-order chi connectivity index (χ0) is 9.84. The van der Waals surface area contributed by atoms with E-state index in [2.05, 4.69) is 0 Å². The Kier molecular flexibility index (Phi) is 3.72. The molecule has 0 aromatic heterocycles. The second-order valence-corrected chi connectivity index (χ2v) is 4.26. The maximum atomic E-state index is 10.6. The molecule has 1 aliphatic rings. The van der Waals surface area contributed by atoms with Crippen molar-refractivity contribution in [1.82, 2.24) is 0 Å². The summed E-state index contributed by atoms with van der Waals surface area (Å²) >= 11 is 0. The molecule has 1 fully saturated rings. The number of hydrogen-bond acceptors (Lipinski definition) is 2. The first-order valence-corrected chi connectivity index (χ1v) is 5.08. The van der Waals surface area contributed by atoms with Crippen molar-refractivity contribution in [2.45, 2.75) is 45.1 Å². The maximum absolute atomic E-state index is 10.6. The van der Waals surface area contributed by atoms with Crippen molar-refractivity contribution in [3.05, 3.63) is 0 Å². The zero-order valence-corrected chi connectivity index (χ0v) is 8.20. The van der Waals surface area contributed by atoms with Gasteiger partial charge >= 0.3 is 5.97 Å². The van der Waals surface area contributed by atoms with Gasteiger partial charge in [-0.25, -0.2) is 0 Å². The number of aliphatic carboxylic acids is 1. The van der Waals surface area contributed by atoms with Gasteiger partial charge < -0.3 is 10.8 Å². The fourth-order valence-corrected chi connectivity index (χ4v) is 2.02. The molecule has 0 heterocycles. The highest BCUT2D eigenvalue weighted by Crippen LogP contribution is 2.28. The van der Waals surface area contributed by atoms with Crippen LogP contribution in [0.2, 0.25) is 0 Å². The molecular weight excluding hydrogens is 166 g/mol. The first-order chi connectivity index (χ1) is 6.09. The third kappa shape index (κ3) is 3.35. The molecule has 0 radical (unpaired) electrons. The molecule has 1 atom stereocenters. The summed E-state index contributed by atoms with van der Waals surface area (Å²) in [5, 5.41) is 8.74. The highest BCUT2D eigenvalue weighted by molar-refractivity contribution is 5.69. The van der Waals surface area contributed by atoms with E-state index in [-0.39, 0.29) is 5.92 Å². The van der Waals surface area contributed by atoms with Crippen LogP contribution in [-0.4, -0.2) is 17.1 Å². The number of nitrogens with two attached hydrogens (primary N) is 1. The normalized spacial score (nSPS) is 31.2. The molecule has 13 heavy (non-hydrogen) atoms. The zero-order valence-electron chi connectivity index (χ0n) is 8.20. The minimum Gasteiger partial charge on any atom is -0.481 e. The number of rotatable bonds is 3. The lowest BCUT2D eigenvalue weighted by Gasteiger charge is -2.26. The van der Waals surface area contributed by atoms with E-state index in [1.54, 1.807) is 6.92 Å². The lowest BCUT2D eigenvalue weighted by molar-refractivity contribution is -0.141. The van der Waals surface area contributed by atoms with Crippen molar-refractivity contribution < 1.29 is 9.90 Å². The van der Waals surface area contributed by atoms with Gasteiger partial charge in [0.1, 0.15) is 0 Å². The van der Waals surface area contributed by atoms with Gasteiger partial charge in [-0.2, -0.15) is 0 Å². The van der Waals surface area contributed by atoms with E-state index in [9.17, 15) is 4.79 Å². The minimum absolute atomic E-state index is 0.195. The third-order valence-corrected chi connectivity index (χ3v) is 3.00. The maximum Gasteiger partial charge on any atom is 0.306 e. The summed E-state index contributed by atoms with van der Waals surface area (Å²) in [4.78, 5) is 10.6. The number of carboxylic acid groups (broad SMARTS) is 1. The van der Waals surface area contributed by atoms with Crippen LogP contribution in [0.1, 0.15) is 39.0 Å². The van der Waals surface area contributed by atoms with Gasteiger partial charge in [0.05, 0.1) is 5.92 Å². The van der Waals surface area contributed by atoms with E-state index in [1.807, 2.05) is 0 Å². The third-order valence-electron chi connectivity index (χ3n) is 3.00. The summed E-state index contributed by atoms with van der Waals surface area (Å²) in [6, 6.07) is 0.358. The lowest BCUT2D eigenvalue weighted by atomic mass is 9.81. The fourth-order valence-electron chi connectivity index (χ4n) is 2.02. The minimum atomic E-state index is -0.671. The molecule has 0 aromatic carbocycles. The molecule has 0 aliphatic heterocycles. The predicted molar refractivity (Wildman–Crippen MR) is 51.4 cm³/mol. The van der Waals surface area contributed by atoms with Crippen molar-refractivity contribution in [1.29, 1.82) is 0 Å². The van der Waals surface area contributed by atoms with Crippen LogP contribution < -0.4 is 5.73 Å². The van der Waals surface area contributed by atoms with Gasteiger partial charge in [0, 0.05) is 6.04 Å². The van der Waals surface area contributed by atoms with Gasteiger partial charge in [0.2, 0.25) is 0 Å². The summed E-state index contributed by atoms with van der Waals surface area (Å²) in [5.41, 5.74) is 5.77. The average Bonchev–Trinajstić information content (AvgIpc) is 2.08. The van der Waals surface area contributed by atoms with E-state index < -0.39 is 5.97 Å². The summed E-state index contributed by atoms with van der Waals surface area (Å²) in [6.07, 6.45) is 5.17. The van der Waals surface area contributed by atoms with Gasteiger partial charge in [-0.3, -0.25) is 4.79 Å². The first kappa shape index (κ1) is 10.5. The topological polar surface area (TPSA) is 63.3 Å². The largest absolute Gasteiger partial charge is 0.481 e. The Labute approximate surface area is 79.3 Å². The summed E-state index contributed by atoms with van der Waals surface area (Å²) in [6.45, 7) is 1.79. The van der Waals surface area contributed by atoms with Crippen molar-refractivity contribution >= 4 is 5.97 Å². The highest BCUT2D eigenvalue weighted by Gasteiger charge is 2.22. The first-order valence-electron chi connectivity index (χ1n) is 5.08. The average molecular weight is 185 g/mol. The van der Waals surface area contributed by atoms with Crippen LogP contribution in [0.5, 0.6) is 0 Å². The Morgan fingerprint density at radius 1 is 1.46 bits per heavy atom. The summed E-state index contributed by atoms with van der Waals surface area (Å²) in [5.74, 6) is -0.278. The Morgan fingerprint density at radius 3 is 2.46 bits per heavy atom. The van der Waals surface area contributed by atoms with Crippen LogP contribution in [0.15, 0.2) is 0 Å². The number of carboxylic acids is 1. The van der Waals surface area contributed by atoms with Crippen molar-refractivity contribution in [3.63, 3.8) is 0 Å². The molecule has 0 saturated heterocycles. The molecule has 0 spiro atoms. The standard InChI is InChI=1S/C10H19NO2/c1-7(10(12)13)6-8-2-4-9(11)5-3-8/h7-9H,2-6,11H2,1H3,(H,12,13)/t7-,8?,9?/m0/s1. The van der Waals surface area contributed by atoms with E-state index >= 15 is 0 Å². The van der Waals surface area contributed by atoms with E-state index in [1.165, 1.54) is 0 Å². The number of carbonyl (C=O) groups is 1. The lowest BCUT2D eigenvalue weighted by Crippen LogP contribution is -2.28. The van der Waals surface area contributed by atoms with E-state index in [0.29, 0.717) is 12.0 Å². The molecule has 3 heteroatoms. The second kappa shape index (κ2) is 4.61. The highest BCUT2D eigenvalue weighted by atomic mass is 16.4. The van der Waals surface area contributed by atoms with Crippen LogP contribution in [0, 0.1) is 11.8 Å². The predicted octanol–water partition coefficient (Wildman–Crippen LogP) is 1.61. The van der Waals surface area contributed by atoms with Crippen LogP contribution in [0.3, 0.4) is 0 Å². The van der Waals surface area contributed by atoms with E-state index in [0.717, 1.165) is 32.1 Å². The van der Waals surface area contributed by atoms with E-state index in [4.69, 9.17) is 10.8 Å². The van der Waals surface area contributed by atoms with Crippen molar-refractivity contribution in [2.75, 3.05) is 0 Å². The second-order valence-electron chi connectivity index (χ2n) is 4.26. The van der Waals surface area contributed by atoms with Gasteiger partial charge in [-0.15, -0.1) is 0 Å². The quantitative estimate of drug-likeness (QED) is 0.702. The van der Waals surface area contributed by atoms with Crippen molar-refractivity contribution in [2.24, 2.45) is 17.6 Å². The van der Waals surface area contributed by atoms with Crippen LogP contribution >= 0.6 is 0 Å². The Bertz CT molecular complexity index is 174. The molecule has 3 N–H and O–H groups in total. The molecule has 0 aromatic rings. The smallest absolute Gasteiger partial charge is 0.306 e. The summed E-state index contributed by atoms with van der Waals surface area (Å²) < 4.78 is 0. The molecule has 1 rings (SSSR count). The molecule has 0 amide bonds. The molecule has 0 bridgehead atoms. The molecule has 1 saturated carbocycles. The molecular formula is C10H19NO2. The molecule has 0 unspecified atom stereocenters. The molecule has 76 valence electrons. The Hall–Kier alpha value is -0.570. The van der Waals surface area contributed by atoms with Gasteiger partial charge in [-0.05, 0) is 38.0 Å². The van der Waals surface area contributed by atoms with Gasteiger partial charge in [0.25, 0.3) is 0 Å². The monoisotopic (exact) mass is 185 g/mol. The van der Waals surface area contributed by atoms with Gasteiger partial charge in [0.15, 0.2) is 0 Å². The molecule has 3 nitrogen and oxygen atoms in total. The van der Waals surface area contributed by atoms with Crippen molar-refractivity contribution in [3.8, 4) is 0 Å². The summed E-state index contributed by atoms with van der Waals surface area (Å²) in [7, 11) is 0. The van der Waals surface area contributed by atoms with Crippen LogP contribution in [0.25, 0.3) is 0 Å². The Morgan fingerprint density at radius 2 is 2.00 bits per heavy atom. The molecule has 1 aliphatic carbocycles. The van der Waals surface area contributed by atoms with Crippen LogP contribution in [-0.2, 0) is 4.79 Å². The van der Waals surface area contributed by atoms with Crippen LogP contribution in [0.4, 0.5) is 0 Å². The number of hydrogen-bond donors (Lipinski definition) is 2. The van der Waals surface area contributed by atoms with Gasteiger partial charge in [-0.1, -0.05) is 6.92 Å². The SMILES string of the molecule is C[C@@H](CC1CCC(N)CC1)C(=O)O.